The summed E-state index contributed by atoms with van der Waals surface area (Å²) < 4.78 is 27.4. The zero-order chi connectivity index (χ0) is 17.2. The summed E-state index contributed by atoms with van der Waals surface area (Å²) in [5.41, 5.74) is 6.17. The summed E-state index contributed by atoms with van der Waals surface area (Å²) in [4.78, 5) is 6.09. The molecular formula is C14H19ClN6O2S. The van der Waals surface area contributed by atoms with Gasteiger partial charge in [0.25, 0.3) is 0 Å². The van der Waals surface area contributed by atoms with Crippen molar-refractivity contribution in [3.05, 3.63) is 34.9 Å². The Labute approximate surface area is 145 Å². The molecule has 0 atom stereocenters. The van der Waals surface area contributed by atoms with E-state index in [9.17, 15) is 8.42 Å². The number of nitrogens with two attached hydrogens (primary N) is 1. The molecule has 0 bridgehead atoms. The normalized spacial score (nSPS) is 16.5. The van der Waals surface area contributed by atoms with Gasteiger partial charge in [-0.2, -0.15) is 4.98 Å². The number of piperidine rings is 1. The van der Waals surface area contributed by atoms with Gasteiger partial charge in [-0.05, 0) is 30.5 Å². The average molecular weight is 371 g/mol. The van der Waals surface area contributed by atoms with Crippen LogP contribution in [0.15, 0.2) is 24.3 Å². The largest absolute Gasteiger partial charge is 0.366 e. The fourth-order valence-electron chi connectivity index (χ4n) is 2.76. The minimum absolute atomic E-state index is 0.0770. The SMILES string of the molecule is Nc1n[nH]c(N2CCC(NS(=O)(=O)Cc3cccc(Cl)c3)CC2)n1. The molecule has 0 unspecified atom stereocenters. The number of anilines is 2. The van der Waals surface area contributed by atoms with Crippen molar-refractivity contribution in [3.8, 4) is 0 Å². The van der Waals surface area contributed by atoms with Crippen molar-refractivity contribution in [2.24, 2.45) is 0 Å². The van der Waals surface area contributed by atoms with Crippen molar-refractivity contribution in [1.29, 1.82) is 0 Å². The first-order valence-electron chi connectivity index (χ1n) is 7.58. The lowest BCUT2D eigenvalue weighted by molar-refractivity contribution is 0.456. The highest BCUT2D eigenvalue weighted by Gasteiger charge is 2.25. The predicted octanol–water partition coefficient (Wildman–Crippen LogP) is 1.13. The van der Waals surface area contributed by atoms with E-state index in [4.69, 9.17) is 17.3 Å². The summed E-state index contributed by atoms with van der Waals surface area (Å²) in [5, 5.41) is 7.10. The van der Waals surface area contributed by atoms with Crippen LogP contribution < -0.4 is 15.4 Å². The monoisotopic (exact) mass is 370 g/mol. The van der Waals surface area contributed by atoms with Crippen molar-refractivity contribution in [1.82, 2.24) is 19.9 Å². The van der Waals surface area contributed by atoms with Gasteiger partial charge in [0.15, 0.2) is 0 Å². The Hall–Kier alpha value is -1.84. The summed E-state index contributed by atoms with van der Waals surface area (Å²) in [7, 11) is -3.41. The Morgan fingerprint density at radius 3 is 2.75 bits per heavy atom. The van der Waals surface area contributed by atoms with E-state index in [0.29, 0.717) is 42.5 Å². The molecule has 0 spiro atoms. The van der Waals surface area contributed by atoms with Crippen LogP contribution in [0.5, 0.6) is 0 Å². The third kappa shape index (κ3) is 4.37. The van der Waals surface area contributed by atoms with Gasteiger partial charge in [0.05, 0.1) is 5.75 Å². The smallest absolute Gasteiger partial charge is 0.241 e. The van der Waals surface area contributed by atoms with E-state index < -0.39 is 10.0 Å². The zero-order valence-corrected chi connectivity index (χ0v) is 14.5. The number of hydrogen-bond donors (Lipinski definition) is 3. The van der Waals surface area contributed by atoms with Crippen LogP contribution in [-0.2, 0) is 15.8 Å². The van der Waals surface area contributed by atoms with Crippen LogP contribution in [0.2, 0.25) is 5.02 Å². The lowest BCUT2D eigenvalue weighted by atomic mass is 10.1. The number of H-pyrrole nitrogens is 1. The minimum Gasteiger partial charge on any atom is -0.366 e. The molecule has 0 amide bonds. The lowest BCUT2D eigenvalue weighted by Crippen LogP contribution is -2.45. The quantitative estimate of drug-likeness (QED) is 0.726. The molecule has 1 aliphatic rings. The standard InChI is InChI=1S/C14H19ClN6O2S/c15-11-3-1-2-10(8-11)9-24(22,23)20-12-4-6-21(7-5-12)14-17-13(16)18-19-14/h1-3,8,12,20H,4-7,9H2,(H3,16,17,18,19). The maximum atomic E-state index is 12.3. The molecule has 1 saturated heterocycles. The van der Waals surface area contributed by atoms with Crippen molar-refractivity contribution < 1.29 is 8.42 Å². The van der Waals surface area contributed by atoms with E-state index in [1.54, 1.807) is 24.3 Å². The number of benzene rings is 1. The van der Waals surface area contributed by atoms with Crippen LogP contribution in [0.4, 0.5) is 11.9 Å². The maximum absolute atomic E-state index is 12.3. The third-order valence-electron chi connectivity index (χ3n) is 3.88. The first-order valence-corrected chi connectivity index (χ1v) is 9.61. The number of nitrogens with zero attached hydrogens (tertiary/aromatic N) is 3. The van der Waals surface area contributed by atoms with Gasteiger partial charge < -0.3 is 10.6 Å². The van der Waals surface area contributed by atoms with Gasteiger partial charge in [0.1, 0.15) is 0 Å². The number of nitrogens with one attached hydrogen (secondary N) is 2. The molecular weight excluding hydrogens is 352 g/mol. The van der Waals surface area contributed by atoms with Crippen LogP contribution in [0, 0.1) is 0 Å². The lowest BCUT2D eigenvalue weighted by Gasteiger charge is -2.31. The van der Waals surface area contributed by atoms with E-state index in [2.05, 4.69) is 19.9 Å². The molecule has 2 aromatic rings. The van der Waals surface area contributed by atoms with Crippen LogP contribution in [-0.4, -0.2) is 42.7 Å². The second-order valence-electron chi connectivity index (χ2n) is 5.79. The molecule has 130 valence electrons. The van der Waals surface area contributed by atoms with Crippen LogP contribution in [0.25, 0.3) is 0 Å². The summed E-state index contributed by atoms with van der Waals surface area (Å²) >= 11 is 5.90. The third-order valence-corrected chi connectivity index (χ3v) is 5.52. The summed E-state index contributed by atoms with van der Waals surface area (Å²) in [6.07, 6.45) is 1.38. The minimum atomic E-state index is -3.41. The molecule has 0 aliphatic carbocycles. The molecule has 24 heavy (non-hydrogen) atoms. The molecule has 3 rings (SSSR count). The Balaban J connectivity index is 1.55. The maximum Gasteiger partial charge on any atom is 0.241 e. The summed E-state index contributed by atoms with van der Waals surface area (Å²) in [6.45, 7) is 1.36. The van der Waals surface area contributed by atoms with Crippen molar-refractivity contribution >= 4 is 33.5 Å². The zero-order valence-electron chi connectivity index (χ0n) is 12.9. The first-order chi connectivity index (χ1) is 11.4. The molecule has 1 aromatic heterocycles. The molecule has 2 heterocycles. The van der Waals surface area contributed by atoms with Gasteiger partial charge in [-0.15, -0.1) is 5.10 Å². The van der Waals surface area contributed by atoms with E-state index in [-0.39, 0.29) is 17.7 Å². The highest BCUT2D eigenvalue weighted by atomic mass is 35.5. The number of hydrogen-bond acceptors (Lipinski definition) is 6. The van der Waals surface area contributed by atoms with E-state index in [1.165, 1.54) is 0 Å². The highest BCUT2D eigenvalue weighted by molar-refractivity contribution is 7.88. The molecule has 8 nitrogen and oxygen atoms in total. The molecule has 1 fully saturated rings. The second kappa shape index (κ2) is 6.96. The number of halogens is 1. The van der Waals surface area contributed by atoms with E-state index >= 15 is 0 Å². The Morgan fingerprint density at radius 2 is 2.12 bits per heavy atom. The fraction of sp³-hybridized carbons (Fsp3) is 0.429. The van der Waals surface area contributed by atoms with Crippen molar-refractivity contribution in [2.45, 2.75) is 24.6 Å². The first kappa shape index (κ1) is 17.0. The van der Waals surface area contributed by atoms with Crippen LogP contribution >= 0.6 is 11.6 Å². The van der Waals surface area contributed by atoms with Gasteiger partial charge in [-0.25, -0.2) is 18.2 Å². The Kier molecular flexibility index (Phi) is 4.93. The molecule has 4 N–H and O–H groups in total. The molecule has 0 radical (unpaired) electrons. The fourth-order valence-corrected chi connectivity index (χ4v) is 4.42. The average Bonchev–Trinajstić information content (AvgIpc) is 2.93. The van der Waals surface area contributed by atoms with Crippen LogP contribution in [0.1, 0.15) is 18.4 Å². The van der Waals surface area contributed by atoms with Gasteiger partial charge in [-0.3, -0.25) is 0 Å². The Morgan fingerprint density at radius 1 is 1.38 bits per heavy atom. The van der Waals surface area contributed by atoms with Crippen molar-refractivity contribution in [2.75, 3.05) is 23.7 Å². The van der Waals surface area contributed by atoms with E-state index in [1.807, 2.05) is 4.90 Å². The Bertz CT molecular complexity index is 801. The molecule has 10 heteroatoms. The summed E-state index contributed by atoms with van der Waals surface area (Å²) in [6, 6.07) is 6.79. The van der Waals surface area contributed by atoms with Gasteiger partial charge in [0, 0.05) is 24.2 Å². The van der Waals surface area contributed by atoms with Crippen molar-refractivity contribution in [3.63, 3.8) is 0 Å². The highest BCUT2D eigenvalue weighted by Crippen LogP contribution is 2.18. The molecule has 1 aromatic carbocycles. The predicted molar refractivity (Wildman–Crippen MR) is 93.2 cm³/mol. The second-order valence-corrected chi connectivity index (χ2v) is 7.98. The van der Waals surface area contributed by atoms with Gasteiger partial charge >= 0.3 is 0 Å². The number of sulfonamides is 1. The number of rotatable bonds is 5. The number of aromatic nitrogens is 3. The number of aromatic amines is 1. The van der Waals surface area contributed by atoms with Gasteiger partial charge in [-0.1, -0.05) is 23.7 Å². The molecule has 1 aliphatic heterocycles. The summed E-state index contributed by atoms with van der Waals surface area (Å²) in [5.74, 6) is 0.744. The number of nitrogen functional groups attached to an aromatic ring is 1. The van der Waals surface area contributed by atoms with Crippen LogP contribution in [0.3, 0.4) is 0 Å². The van der Waals surface area contributed by atoms with Gasteiger partial charge in [0.2, 0.25) is 21.9 Å². The molecule has 0 saturated carbocycles. The van der Waals surface area contributed by atoms with E-state index in [0.717, 1.165) is 0 Å². The topological polar surface area (TPSA) is 117 Å².